The Bertz CT molecular complexity index is 3230. The SMILES string of the molecule is c1ccc(-c2ccc(-c3ccc(N(c4ccc(-c5ccc6ccccc6c5)cc4)c4cccc5c4ccc4ccccc45)c4c3oc3ccccc34)cc2)cc1. The summed E-state index contributed by atoms with van der Waals surface area (Å²) in [5.41, 5.74) is 11.9. The zero-order valence-corrected chi connectivity index (χ0v) is 30.6. The van der Waals surface area contributed by atoms with Crippen molar-refractivity contribution in [3.05, 3.63) is 212 Å². The van der Waals surface area contributed by atoms with Gasteiger partial charge in [0.05, 0.1) is 16.8 Å². The second-order valence-electron chi connectivity index (χ2n) is 14.5. The molecule has 10 aromatic carbocycles. The zero-order chi connectivity index (χ0) is 37.0. The molecule has 56 heavy (non-hydrogen) atoms. The molecule has 0 unspecified atom stereocenters. The van der Waals surface area contributed by atoms with Crippen LogP contribution in [-0.2, 0) is 0 Å². The van der Waals surface area contributed by atoms with Gasteiger partial charge in [-0.05, 0) is 97.2 Å². The summed E-state index contributed by atoms with van der Waals surface area (Å²) in [4.78, 5) is 2.42. The summed E-state index contributed by atoms with van der Waals surface area (Å²) in [6.45, 7) is 0. The predicted molar refractivity (Wildman–Crippen MR) is 237 cm³/mol. The lowest BCUT2D eigenvalue weighted by Gasteiger charge is -2.28. The molecule has 1 aromatic heterocycles. The second-order valence-corrected chi connectivity index (χ2v) is 14.5. The van der Waals surface area contributed by atoms with Gasteiger partial charge in [0.2, 0.25) is 0 Å². The topological polar surface area (TPSA) is 16.4 Å². The molecule has 0 aliphatic heterocycles. The van der Waals surface area contributed by atoms with E-state index in [0.717, 1.165) is 50.1 Å². The normalized spacial score (nSPS) is 11.6. The Morgan fingerprint density at radius 2 is 0.929 bits per heavy atom. The lowest BCUT2D eigenvalue weighted by molar-refractivity contribution is 0.670. The minimum Gasteiger partial charge on any atom is -0.455 e. The van der Waals surface area contributed by atoms with Crippen LogP contribution in [0, 0.1) is 0 Å². The van der Waals surface area contributed by atoms with Crippen molar-refractivity contribution in [3.8, 4) is 33.4 Å². The second kappa shape index (κ2) is 13.2. The Morgan fingerprint density at radius 1 is 0.321 bits per heavy atom. The fraction of sp³-hybridized carbons (Fsp3) is 0. The van der Waals surface area contributed by atoms with Crippen LogP contribution in [0.5, 0.6) is 0 Å². The standard InChI is InChI=1S/C54H35NO/c1-2-11-36(12-3-1)38-21-24-41(25-22-38)46-33-34-51(53-49-17-8-9-20-52(49)56-54(46)53)55(50-19-10-18-47-45-16-7-6-14-40(45)29-32-48(47)50)44-30-27-39(28-31-44)43-26-23-37-13-4-5-15-42(37)35-43/h1-35H. The van der Waals surface area contributed by atoms with Gasteiger partial charge in [0, 0.05) is 22.0 Å². The van der Waals surface area contributed by atoms with E-state index in [4.69, 9.17) is 4.42 Å². The van der Waals surface area contributed by atoms with E-state index < -0.39 is 0 Å². The van der Waals surface area contributed by atoms with E-state index in [1.54, 1.807) is 0 Å². The van der Waals surface area contributed by atoms with Gasteiger partial charge in [-0.2, -0.15) is 0 Å². The molecule has 1 heterocycles. The Morgan fingerprint density at radius 3 is 1.77 bits per heavy atom. The molecule has 0 aliphatic carbocycles. The minimum atomic E-state index is 0.868. The van der Waals surface area contributed by atoms with Gasteiger partial charge >= 0.3 is 0 Å². The number of furan rings is 1. The van der Waals surface area contributed by atoms with E-state index in [1.165, 1.54) is 54.6 Å². The van der Waals surface area contributed by atoms with Gasteiger partial charge in [0.25, 0.3) is 0 Å². The van der Waals surface area contributed by atoms with Crippen molar-refractivity contribution in [1.29, 1.82) is 0 Å². The summed E-state index contributed by atoms with van der Waals surface area (Å²) in [6, 6.07) is 76.4. The van der Waals surface area contributed by atoms with Crippen LogP contribution in [0.15, 0.2) is 217 Å². The van der Waals surface area contributed by atoms with E-state index in [-0.39, 0.29) is 0 Å². The van der Waals surface area contributed by atoms with Crippen LogP contribution in [0.3, 0.4) is 0 Å². The molecule has 0 bridgehead atoms. The summed E-state index contributed by atoms with van der Waals surface area (Å²) >= 11 is 0. The molecule has 0 fully saturated rings. The molecule has 0 N–H and O–H groups in total. The monoisotopic (exact) mass is 713 g/mol. The molecule has 11 rings (SSSR count). The molecule has 0 amide bonds. The van der Waals surface area contributed by atoms with E-state index in [2.05, 4.69) is 217 Å². The van der Waals surface area contributed by atoms with Gasteiger partial charge in [-0.15, -0.1) is 0 Å². The third-order valence-corrected chi connectivity index (χ3v) is 11.3. The highest BCUT2D eigenvalue weighted by Gasteiger charge is 2.23. The van der Waals surface area contributed by atoms with Crippen molar-refractivity contribution in [3.63, 3.8) is 0 Å². The quantitative estimate of drug-likeness (QED) is 0.160. The van der Waals surface area contributed by atoms with Crippen LogP contribution in [0.25, 0.3) is 87.6 Å². The molecule has 0 saturated carbocycles. The fourth-order valence-corrected chi connectivity index (χ4v) is 8.50. The largest absolute Gasteiger partial charge is 0.455 e. The lowest BCUT2D eigenvalue weighted by atomic mass is 9.96. The van der Waals surface area contributed by atoms with Crippen molar-refractivity contribution < 1.29 is 4.42 Å². The lowest BCUT2D eigenvalue weighted by Crippen LogP contribution is -2.11. The maximum Gasteiger partial charge on any atom is 0.145 e. The summed E-state index contributed by atoms with van der Waals surface area (Å²) < 4.78 is 6.85. The van der Waals surface area contributed by atoms with Gasteiger partial charge in [-0.3, -0.25) is 0 Å². The van der Waals surface area contributed by atoms with Crippen molar-refractivity contribution in [2.24, 2.45) is 0 Å². The van der Waals surface area contributed by atoms with E-state index in [0.29, 0.717) is 0 Å². The molecule has 0 saturated heterocycles. The van der Waals surface area contributed by atoms with Crippen LogP contribution >= 0.6 is 0 Å². The molecule has 0 radical (unpaired) electrons. The van der Waals surface area contributed by atoms with Crippen molar-refractivity contribution in [2.45, 2.75) is 0 Å². The highest BCUT2D eigenvalue weighted by atomic mass is 16.3. The summed E-state index contributed by atoms with van der Waals surface area (Å²) in [5, 5.41) is 9.54. The number of nitrogens with zero attached hydrogens (tertiary/aromatic N) is 1. The third-order valence-electron chi connectivity index (χ3n) is 11.3. The van der Waals surface area contributed by atoms with Gasteiger partial charge in [0.1, 0.15) is 11.2 Å². The predicted octanol–water partition coefficient (Wildman–Crippen LogP) is 15.5. The van der Waals surface area contributed by atoms with Gasteiger partial charge in [-0.1, -0.05) is 170 Å². The smallest absolute Gasteiger partial charge is 0.145 e. The number of fused-ring (bicyclic) bond motifs is 7. The molecule has 262 valence electrons. The number of rotatable bonds is 6. The first-order valence-corrected chi connectivity index (χ1v) is 19.2. The Hall–Kier alpha value is -7.42. The number of hydrogen-bond donors (Lipinski definition) is 0. The Kier molecular flexibility index (Phi) is 7.53. The van der Waals surface area contributed by atoms with E-state index in [1.807, 2.05) is 0 Å². The average Bonchev–Trinajstić information content (AvgIpc) is 3.67. The van der Waals surface area contributed by atoms with E-state index in [9.17, 15) is 0 Å². The van der Waals surface area contributed by atoms with Crippen molar-refractivity contribution >= 4 is 71.3 Å². The van der Waals surface area contributed by atoms with Gasteiger partial charge < -0.3 is 9.32 Å². The maximum atomic E-state index is 6.85. The molecule has 0 atom stereocenters. The Labute approximate surface area is 325 Å². The van der Waals surface area contributed by atoms with Gasteiger partial charge in [0.15, 0.2) is 0 Å². The zero-order valence-electron chi connectivity index (χ0n) is 30.6. The van der Waals surface area contributed by atoms with Crippen molar-refractivity contribution in [1.82, 2.24) is 0 Å². The van der Waals surface area contributed by atoms with Crippen LogP contribution in [-0.4, -0.2) is 0 Å². The number of para-hydroxylation sites is 1. The Balaban J connectivity index is 1.13. The first-order valence-electron chi connectivity index (χ1n) is 19.2. The summed E-state index contributed by atoms with van der Waals surface area (Å²) in [5.74, 6) is 0. The highest BCUT2D eigenvalue weighted by molar-refractivity contribution is 6.19. The van der Waals surface area contributed by atoms with Crippen LogP contribution in [0.1, 0.15) is 0 Å². The van der Waals surface area contributed by atoms with Crippen molar-refractivity contribution in [2.75, 3.05) is 4.90 Å². The molecular weight excluding hydrogens is 679 g/mol. The number of anilines is 3. The number of benzene rings is 10. The molecule has 0 spiro atoms. The first kappa shape index (κ1) is 32.0. The van der Waals surface area contributed by atoms with Gasteiger partial charge in [-0.25, -0.2) is 0 Å². The van der Waals surface area contributed by atoms with E-state index >= 15 is 0 Å². The number of hydrogen-bond acceptors (Lipinski definition) is 2. The molecular formula is C54H35NO. The first-order chi connectivity index (χ1) is 27.8. The molecule has 11 aromatic rings. The van der Waals surface area contributed by atoms with Crippen LogP contribution in [0.2, 0.25) is 0 Å². The average molecular weight is 714 g/mol. The molecule has 2 heteroatoms. The van der Waals surface area contributed by atoms with Crippen LogP contribution < -0.4 is 4.90 Å². The summed E-state index contributed by atoms with van der Waals surface area (Å²) in [6.07, 6.45) is 0. The summed E-state index contributed by atoms with van der Waals surface area (Å²) in [7, 11) is 0. The molecule has 2 nitrogen and oxygen atoms in total. The minimum absolute atomic E-state index is 0.868. The molecule has 0 aliphatic rings. The maximum absolute atomic E-state index is 6.85. The third kappa shape index (κ3) is 5.34. The highest BCUT2D eigenvalue weighted by Crippen LogP contribution is 2.48. The van der Waals surface area contributed by atoms with Crippen LogP contribution in [0.4, 0.5) is 17.1 Å². The fourth-order valence-electron chi connectivity index (χ4n) is 8.50.